The number of nitrogens with zero attached hydrogens (tertiary/aromatic N) is 3. The normalized spacial score (nSPS) is 16.6. The summed E-state index contributed by atoms with van der Waals surface area (Å²) in [6.07, 6.45) is 6.73. The predicted molar refractivity (Wildman–Crippen MR) is 99.5 cm³/mol. The van der Waals surface area contributed by atoms with E-state index in [0.29, 0.717) is 17.6 Å². The van der Waals surface area contributed by atoms with Gasteiger partial charge in [-0.3, -0.25) is 9.78 Å². The Morgan fingerprint density at radius 1 is 1.44 bits per heavy atom. The van der Waals surface area contributed by atoms with Crippen molar-refractivity contribution in [1.29, 1.82) is 0 Å². The molecule has 1 aliphatic rings. The molecule has 1 atom stereocenters. The fourth-order valence-corrected chi connectivity index (χ4v) is 4.65. The molecular weight excluding hydrogens is 334 g/mol. The number of primary amides is 1. The monoisotopic (exact) mass is 353 g/mol. The third kappa shape index (κ3) is 3.07. The molecule has 0 bridgehead atoms. The number of nitrogens with one attached hydrogen (secondary N) is 1. The van der Waals surface area contributed by atoms with Crippen LogP contribution in [0.1, 0.15) is 23.8 Å². The third-order valence-corrected chi connectivity index (χ3v) is 5.65. The zero-order chi connectivity index (χ0) is 17.4. The smallest absolute Gasteiger partial charge is 0.236 e. The standard InChI is InChI=1S/C18H19N5OS/c1-10-4-5-12-13(7-10)25-18-15(12)17(21-9-14(19)24)22-16(23-18)11-3-2-6-20-8-11/h2-3,6,8,10H,4-5,7,9H2,1H3,(H2,19,24)(H,21,22,23)/t10-/m1/s1. The maximum absolute atomic E-state index is 11.2. The van der Waals surface area contributed by atoms with E-state index in [1.165, 1.54) is 16.9 Å². The lowest BCUT2D eigenvalue weighted by atomic mass is 9.89. The Morgan fingerprint density at radius 2 is 2.32 bits per heavy atom. The van der Waals surface area contributed by atoms with Gasteiger partial charge in [-0.05, 0) is 42.9 Å². The van der Waals surface area contributed by atoms with Gasteiger partial charge in [-0.25, -0.2) is 9.97 Å². The van der Waals surface area contributed by atoms with Gasteiger partial charge in [0, 0.05) is 22.8 Å². The molecule has 3 N–H and O–H groups in total. The zero-order valence-corrected chi connectivity index (χ0v) is 14.8. The van der Waals surface area contributed by atoms with Crippen LogP contribution in [0.25, 0.3) is 21.6 Å². The second-order valence-electron chi connectivity index (χ2n) is 6.49. The first kappa shape index (κ1) is 16.0. The molecule has 128 valence electrons. The van der Waals surface area contributed by atoms with Crippen LogP contribution in [0.5, 0.6) is 0 Å². The van der Waals surface area contributed by atoms with E-state index in [0.717, 1.165) is 28.6 Å². The molecule has 25 heavy (non-hydrogen) atoms. The van der Waals surface area contributed by atoms with Gasteiger partial charge in [0.1, 0.15) is 10.6 Å². The highest BCUT2D eigenvalue weighted by Gasteiger charge is 2.24. The Morgan fingerprint density at radius 3 is 3.08 bits per heavy atom. The van der Waals surface area contributed by atoms with Crippen molar-refractivity contribution in [3.8, 4) is 11.4 Å². The lowest BCUT2D eigenvalue weighted by molar-refractivity contribution is -0.116. The van der Waals surface area contributed by atoms with Crippen molar-refractivity contribution in [3.63, 3.8) is 0 Å². The molecule has 1 amide bonds. The number of rotatable bonds is 4. The number of thiophene rings is 1. The van der Waals surface area contributed by atoms with Crippen LogP contribution < -0.4 is 11.1 Å². The molecule has 4 rings (SSSR count). The molecule has 0 unspecified atom stereocenters. The maximum Gasteiger partial charge on any atom is 0.236 e. The number of hydrogen-bond acceptors (Lipinski definition) is 6. The van der Waals surface area contributed by atoms with E-state index in [9.17, 15) is 4.79 Å². The average molecular weight is 353 g/mol. The molecule has 7 heteroatoms. The van der Waals surface area contributed by atoms with Crippen molar-refractivity contribution in [2.45, 2.75) is 26.2 Å². The third-order valence-electron chi connectivity index (χ3n) is 4.50. The van der Waals surface area contributed by atoms with E-state index in [-0.39, 0.29) is 6.54 Å². The Labute approximate surface area is 149 Å². The highest BCUT2D eigenvalue weighted by Crippen LogP contribution is 2.40. The van der Waals surface area contributed by atoms with Gasteiger partial charge in [0.05, 0.1) is 11.9 Å². The Kier molecular flexibility index (Phi) is 4.09. The summed E-state index contributed by atoms with van der Waals surface area (Å²) in [6, 6.07) is 3.79. The van der Waals surface area contributed by atoms with Crippen LogP contribution in [-0.2, 0) is 17.6 Å². The minimum Gasteiger partial charge on any atom is -0.368 e. The second kappa shape index (κ2) is 6.40. The molecule has 3 aromatic heterocycles. The maximum atomic E-state index is 11.2. The fourth-order valence-electron chi connectivity index (χ4n) is 3.27. The van der Waals surface area contributed by atoms with Crippen molar-refractivity contribution in [1.82, 2.24) is 15.0 Å². The van der Waals surface area contributed by atoms with Gasteiger partial charge in [0.15, 0.2) is 5.82 Å². The van der Waals surface area contributed by atoms with Crippen LogP contribution in [0.15, 0.2) is 24.5 Å². The molecule has 0 aliphatic heterocycles. The Hall–Kier alpha value is -2.54. The average Bonchev–Trinajstić information content (AvgIpc) is 2.97. The van der Waals surface area contributed by atoms with Crippen LogP contribution in [0, 0.1) is 5.92 Å². The second-order valence-corrected chi connectivity index (χ2v) is 7.57. The Balaban J connectivity index is 1.88. The summed E-state index contributed by atoms with van der Waals surface area (Å²) in [5, 5.41) is 4.15. The highest BCUT2D eigenvalue weighted by atomic mass is 32.1. The quantitative estimate of drug-likeness (QED) is 0.752. The molecule has 1 aliphatic carbocycles. The SMILES string of the molecule is C[C@@H]1CCc2c(sc3nc(-c4cccnc4)nc(NCC(N)=O)c23)C1. The number of fused-ring (bicyclic) bond motifs is 3. The van der Waals surface area contributed by atoms with Crippen molar-refractivity contribution < 1.29 is 4.79 Å². The minimum absolute atomic E-state index is 0.0552. The first-order valence-corrected chi connectivity index (χ1v) is 9.18. The van der Waals surface area contributed by atoms with Crippen molar-refractivity contribution in [2.24, 2.45) is 11.7 Å². The molecule has 0 aromatic carbocycles. The van der Waals surface area contributed by atoms with E-state index in [2.05, 4.69) is 22.2 Å². The summed E-state index contributed by atoms with van der Waals surface area (Å²) >= 11 is 1.73. The topological polar surface area (TPSA) is 93.8 Å². The van der Waals surface area contributed by atoms with Crippen molar-refractivity contribution >= 4 is 33.3 Å². The zero-order valence-electron chi connectivity index (χ0n) is 14.0. The molecule has 0 saturated carbocycles. The van der Waals surface area contributed by atoms with Crippen LogP contribution >= 0.6 is 11.3 Å². The van der Waals surface area contributed by atoms with Crippen molar-refractivity contribution in [2.75, 3.05) is 11.9 Å². The minimum atomic E-state index is -0.410. The molecule has 3 aromatic rings. The number of aryl methyl sites for hydroxylation is 1. The van der Waals surface area contributed by atoms with E-state index in [1.54, 1.807) is 23.7 Å². The molecule has 6 nitrogen and oxygen atoms in total. The molecular formula is C18H19N5OS. The lowest BCUT2D eigenvalue weighted by Gasteiger charge is -2.18. The number of carbonyl (C=O) groups is 1. The number of carbonyl (C=O) groups excluding carboxylic acids is 1. The number of aromatic nitrogens is 3. The fraction of sp³-hybridized carbons (Fsp3) is 0.333. The number of anilines is 1. The first-order chi connectivity index (χ1) is 12.1. The predicted octanol–water partition coefficient (Wildman–Crippen LogP) is 2.78. The summed E-state index contributed by atoms with van der Waals surface area (Å²) in [7, 11) is 0. The van der Waals surface area contributed by atoms with Gasteiger partial charge < -0.3 is 11.1 Å². The first-order valence-electron chi connectivity index (χ1n) is 8.36. The molecule has 0 radical (unpaired) electrons. The van der Waals surface area contributed by atoms with Gasteiger partial charge >= 0.3 is 0 Å². The lowest BCUT2D eigenvalue weighted by Crippen LogP contribution is -2.22. The summed E-state index contributed by atoms with van der Waals surface area (Å²) in [6.45, 7) is 2.34. The van der Waals surface area contributed by atoms with Gasteiger partial charge in [0.25, 0.3) is 0 Å². The molecule has 0 saturated heterocycles. The van der Waals surface area contributed by atoms with E-state index >= 15 is 0 Å². The molecule has 0 spiro atoms. The van der Waals surface area contributed by atoms with Crippen LogP contribution in [0.3, 0.4) is 0 Å². The van der Waals surface area contributed by atoms with Crippen LogP contribution in [0.4, 0.5) is 5.82 Å². The summed E-state index contributed by atoms with van der Waals surface area (Å²) in [5.41, 5.74) is 7.49. The summed E-state index contributed by atoms with van der Waals surface area (Å²) < 4.78 is 0. The van der Waals surface area contributed by atoms with Gasteiger partial charge in [-0.15, -0.1) is 11.3 Å². The van der Waals surface area contributed by atoms with E-state index in [1.807, 2.05) is 12.1 Å². The van der Waals surface area contributed by atoms with Crippen molar-refractivity contribution in [3.05, 3.63) is 35.0 Å². The Bertz CT molecular complexity index is 938. The number of nitrogens with two attached hydrogens (primary N) is 1. The largest absolute Gasteiger partial charge is 0.368 e. The van der Waals surface area contributed by atoms with E-state index in [4.69, 9.17) is 10.7 Å². The van der Waals surface area contributed by atoms with Gasteiger partial charge in [-0.2, -0.15) is 0 Å². The van der Waals surface area contributed by atoms with Gasteiger partial charge in [0.2, 0.25) is 5.91 Å². The molecule has 0 fully saturated rings. The highest BCUT2D eigenvalue weighted by molar-refractivity contribution is 7.19. The number of pyridine rings is 1. The summed E-state index contributed by atoms with van der Waals surface area (Å²) in [4.78, 5) is 27.2. The van der Waals surface area contributed by atoms with Crippen LogP contribution in [-0.4, -0.2) is 27.4 Å². The van der Waals surface area contributed by atoms with Crippen LogP contribution in [0.2, 0.25) is 0 Å². The molecule has 3 heterocycles. The summed E-state index contributed by atoms with van der Waals surface area (Å²) in [5.74, 6) is 1.58. The number of amides is 1. The van der Waals surface area contributed by atoms with E-state index < -0.39 is 5.91 Å². The van der Waals surface area contributed by atoms with Gasteiger partial charge in [-0.1, -0.05) is 6.92 Å². The number of hydrogen-bond donors (Lipinski definition) is 2.